The van der Waals surface area contributed by atoms with Gasteiger partial charge in [0.15, 0.2) is 5.78 Å². The second kappa shape index (κ2) is 4.48. The van der Waals surface area contributed by atoms with Crippen LogP contribution in [0.25, 0.3) is 0 Å². The van der Waals surface area contributed by atoms with Crippen LogP contribution in [0, 0.1) is 0 Å². The Balaban J connectivity index is 2.14. The maximum Gasteiger partial charge on any atom is 0.187 e. The van der Waals surface area contributed by atoms with E-state index in [4.69, 9.17) is 5.73 Å². The standard InChI is InChI=1S/C11H10N4O/c12-11-6-8(1-2-15-11)5-10(16)9-7-13-3-4-14-9/h1-4,6-7H,5H2,(H2,12,15). The molecule has 16 heavy (non-hydrogen) atoms. The van der Waals surface area contributed by atoms with E-state index in [1.165, 1.54) is 18.6 Å². The zero-order valence-corrected chi connectivity index (χ0v) is 8.50. The molecule has 2 heterocycles. The first-order valence-electron chi connectivity index (χ1n) is 4.75. The van der Waals surface area contributed by atoms with Crippen molar-refractivity contribution in [2.75, 3.05) is 5.73 Å². The highest BCUT2D eigenvalue weighted by Gasteiger charge is 2.08. The van der Waals surface area contributed by atoms with Gasteiger partial charge in [-0.05, 0) is 17.7 Å². The molecule has 0 saturated carbocycles. The van der Waals surface area contributed by atoms with Crippen molar-refractivity contribution < 1.29 is 4.79 Å². The molecule has 0 amide bonds. The monoisotopic (exact) mass is 214 g/mol. The number of nitrogens with zero attached hydrogens (tertiary/aromatic N) is 3. The summed E-state index contributed by atoms with van der Waals surface area (Å²) in [4.78, 5) is 23.4. The number of hydrogen-bond acceptors (Lipinski definition) is 5. The van der Waals surface area contributed by atoms with Crippen LogP contribution in [0.4, 0.5) is 5.82 Å². The second-order valence-corrected chi connectivity index (χ2v) is 3.28. The Labute approximate surface area is 92.4 Å². The van der Waals surface area contributed by atoms with E-state index >= 15 is 0 Å². The number of nitrogens with two attached hydrogens (primary N) is 1. The van der Waals surface area contributed by atoms with Gasteiger partial charge in [-0.15, -0.1) is 0 Å². The fourth-order valence-corrected chi connectivity index (χ4v) is 1.32. The summed E-state index contributed by atoms with van der Waals surface area (Å²) in [7, 11) is 0. The van der Waals surface area contributed by atoms with Crippen molar-refractivity contribution in [3.05, 3.63) is 48.2 Å². The van der Waals surface area contributed by atoms with E-state index in [1.54, 1.807) is 18.3 Å². The minimum absolute atomic E-state index is 0.0845. The average Bonchev–Trinajstić information content (AvgIpc) is 2.30. The largest absolute Gasteiger partial charge is 0.384 e. The normalized spacial score (nSPS) is 10.0. The number of aromatic nitrogens is 3. The SMILES string of the molecule is Nc1cc(CC(=O)c2cnccn2)ccn1. The van der Waals surface area contributed by atoms with E-state index in [-0.39, 0.29) is 12.2 Å². The highest BCUT2D eigenvalue weighted by Crippen LogP contribution is 2.06. The third kappa shape index (κ3) is 2.38. The maximum atomic E-state index is 11.8. The van der Waals surface area contributed by atoms with Gasteiger partial charge in [-0.1, -0.05) is 0 Å². The Hall–Kier alpha value is -2.30. The van der Waals surface area contributed by atoms with Gasteiger partial charge < -0.3 is 5.73 Å². The first-order chi connectivity index (χ1) is 7.75. The highest BCUT2D eigenvalue weighted by atomic mass is 16.1. The summed E-state index contributed by atoms with van der Waals surface area (Å²) in [6.45, 7) is 0. The van der Waals surface area contributed by atoms with Gasteiger partial charge in [-0.2, -0.15) is 0 Å². The van der Waals surface area contributed by atoms with Gasteiger partial charge in [0.25, 0.3) is 0 Å². The molecule has 5 nitrogen and oxygen atoms in total. The molecule has 2 aromatic heterocycles. The summed E-state index contributed by atoms with van der Waals surface area (Å²) in [5.41, 5.74) is 6.70. The molecule has 0 spiro atoms. The number of rotatable bonds is 3. The number of carbonyl (C=O) groups is 1. The molecule has 80 valence electrons. The summed E-state index contributed by atoms with van der Waals surface area (Å²) in [5, 5.41) is 0. The van der Waals surface area contributed by atoms with Crippen molar-refractivity contribution >= 4 is 11.6 Å². The fourth-order valence-electron chi connectivity index (χ4n) is 1.32. The van der Waals surface area contributed by atoms with Crippen molar-refractivity contribution in [1.82, 2.24) is 15.0 Å². The van der Waals surface area contributed by atoms with Gasteiger partial charge in [0.05, 0.1) is 6.20 Å². The number of Topliss-reactive ketones (excluding diaryl/α,β-unsaturated/α-hetero) is 1. The molecule has 0 unspecified atom stereocenters. The first kappa shape index (κ1) is 10.2. The third-order valence-electron chi connectivity index (χ3n) is 2.06. The minimum Gasteiger partial charge on any atom is -0.384 e. The zero-order chi connectivity index (χ0) is 11.4. The molecule has 0 aliphatic carbocycles. The summed E-state index contributed by atoms with van der Waals surface area (Å²) in [5.74, 6) is 0.322. The van der Waals surface area contributed by atoms with E-state index in [1.807, 2.05) is 0 Å². The Bertz CT molecular complexity index is 498. The number of pyridine rings is 1. The van der Waals surface area contributed by atoms with E-state index in [0.29, 0.717) is 11.5 Å². The van der Waals surface area contributed by atoms with Gasteiger partial charge in [0.2, 0.25) is 0 Å². The topological polar surface area (TPSA) is 81.8 Å². The number of hydrogen-bond donors (Lipinski definition) is 1. The lowest BCUT2D eigenvalue weighted by atomic mass is 10.1. The van der Waals surface area contributed by atoms with E-state index in [2.05, 4.69) is 15.0 Å². The molecule has 0 radical (unpaired) electrons. The highest BCUT2D eigenvalue weighted by molar-refractivity contribution is 5.95. The number of carbonyl (C=O) groups excluding carboxylic acids is 1. The van der Waals surface area contributed by atoms with Crippen LogP contribution in [0.2, 0.25) is 0 Å². The lowest BCUT2D eigenvalue weighted by molar-refractivity contribution is 0.0988. The molecule has 0 aliphatic rings. The Morgan fingerprint density at radius 2 is 2.12 bits per heavy atom. The molecule has 2 N–H and O–H groups in total. The molecule has 2 rings (SSSR count). The van der Waals surface area contributed by atoms with Crippen LogP contribution >= 0.6 is 0 Å². The van der Waals surface area contributed by atoms with E-state index < -0.39 is 0 Å². The van der Waals surface area contributed by atoms with Gasteiger partial charge in [0, 0.05) is 25.0 Å². The van der Waals surface area contributed by atoms with Crippen LogP contribution in [-0.4, -0.2) is 20.7 Å². The minimum atomic E-state index is -0.0845. The van der Waals surface area contributed by atoms with E-state index in [0.717, 1.165) is 5.56 Å². The van der Waals surface area contributed by atoms with Crippen LogP contribution in [0.3, 0.4) is 0 Å². The van der Waals surface area contributed by atoms with Gasteiger partial charge in [0.1, 0.15) is 11.5 Å². The quantitative estimate of drug-likeness (QED) is 0.767. The van der Waals surface area contributed by atoms with E-state index in [9.17, 15) is 4.79 Å². The van der Waals surface area contributed by atoms with Gasteiger partial charge in [-0.3, -0.25) is 9.78 Å². The lowest BCUT2D eigenvalue weighted by Crippen LogP contribution is -2.06. The first-order valence-corrected chi connectivity index (χ1v) is 4.75. The van der Waals surface area contributed by atoms with Crippen LogP contribution in [-0.2, 0) is 6.42 Å². The summed E-state index contributed by atoms with van der Waals surface area (Å²) in [6.07, 6.45) is 6.31. The summed E-state index contributed by atoms with van der Waals surface area (Å²) >= 11 is 0. The Morgan fingerprint density at radius 1 is 1.25 bits per heavy atom. The van der Waals surface area contributed by atoms with Gasteiger partial charge in [-0.25, -0.2) is 9.97 Å². The lowest BCUT2D eigenvalue weighted by Gasteiger charge is -2.00. The number of nitrogen functional groups attached to an aromatic ring is 1. The van der Waals surface area contributed by atoms with Gasteiger partial charge >= 0.3 is 0 Å². The molecule has 0 bridgehead atoms. The summed E-state index contributed by atoms with van der Waals surface area (Å²) in [6, 6.07) is 3.43. The molecule has 0 aliphatic heterocycles. The van der Waals surface area contributed by atoms with Crippen LogP contribution in [0.15, 0.2) is 36.9 Å². The second-order valence-electron chi connectivity index (χ2n) is 3.28. The molecule has 0 saturated heterocycles. The van der Waals surface area contributed by atoms with Crippen molar-refractivity contribution in [3.8, 4) is 0 Å². The number of ketones is 1. The predicted molar refractivity (Wildman–Crippen MR) is 58.7 cm³/mol. The molecule has 2 aromatic rings. The van der Waals surface area contributed by atoms with Crippen LogP contribution < -0.4 is 5.73 Å². The predicted octanol–water partition coefficient (Wildman–Crippen LogP) is 0.879. The molecule has 0 fully saturated rings. The maximum absolute atomic E-state index is 11.8. The van der Waals surface area contributed by atoms with Crippen molar-refractivity contribution in [2.24, 2.45) is 0 Å². The fraction of sp³-hybridized carbons (Fsp3) is 0.0909. The molecular formula is C11H10N4O. The van der Waals surface area contributed by atoms with Crippen LogP contribution in [0.5, 0.6) is 0 Å². The smallest absolute Gasteiger partial charge is 0.187 e. The number of anilines is 1. The third-order valence-corrected chi connectivity index (χ3v) is 2.06. The van der Waals surface area contributed by atoms with Crippen LogP contribution in [0.1, 0.15) is 16.1 Å². The molecular weight excluding hydrogens is 204 g/mol. The van der Waals surface area contributed by atoms with Crippen molar-refractivity contribution in [3.63, 3.8) is 0 Å². The van der Waals surface area contributed by atoms with Crippen molar-refractivity contribution in [2.45, 2.75) is 6.42 Å². The Morgan fingerprint density at radius 3 is 2.81 bits per heavy atom. The average molecular weight is 214 g/mol. The molecule has 0 atom stereocenters. The Kier molecular flexibility index (Phi) is 2.86. The zero-order valence-electron chi connectivity index (χ0n) is 8.50. The molecule has 0 aromatic carbocycles. The van der Waals surface area contributed by atoms with Crippen molar-refractivity contribution in [1.29, 1.82) is 0 Å². The molecule has 5 heteroatoms. The summed E-state index contributed by atoms with van der Waals surface area (Å²) < 4.78 is 0.